The van der Waals surface area contributed by atoms with Crippen LogP contribution in [0.3, 0.4) is 0 Å². The first-order valence-electron chi connectivity index (χ1n) is 6.08. The molecule has 1 heterocycles. The summed E-state index contributed by atoms with van der Waals surface area (Å²) in [7, 11) is 0. The van der Waals surface area contributed by atoms with Crippen molar-refractivity contribution in [3.8, 4) is 0 Å². The van der Waals surface area contributed by atoms with Gasteiger partial charge in [-0.3, -0.25) is 14.4 Å². The average molecular weight is 275 g/mol. The van der Waals surface area contributed by atoms with Crippen LogP contribution in [0.5, 0.6) is 0 Å². The number of para-hydroxylation sites is 1. The van der Waals surface area contributed by atoms with Gasteiger partial charge in [-0.1, -0.05) is 12.1 Å². The Hall–Kier alpha value is -2.63. The molecule has 1 aromatic heterocycles. The topological polar surface area (TPSA) is 85.6 Å². The van der Waals surface area contributed by atoms with E-state index in [9.17, 15) is 14.4 Å². The van der Waals surface area contributed by atoms with E-state index in [0.29, 0.717) is 11.0 Å². The quantitative estimate of drug-likeness (QED) is 0.844. The zero-order chi connectivity index (χ0) is 14.5. The summed E-state index contributed by atoms with van der Waals surface area (Å²) in [5.41, 5.74) is 0.00872. The maximum atomic E-state index is 11.8. The molecule has 0 bridgehead atoms. The molecule has 0 aliphatic heterocycles. The Bertz CT molecular complexity index is 704. The molecule has 0 aliphatic rings. The lowest BCUT2D eigenvalue weighted by Gasteiger charge is -2.05. The number of carbonyl (C=O) groups excluding carboxylic acids is 2. The fourth-order valence-electron chi connectivity index (χ4n) is 1.67. The predicted molar refractivity (Wildman–Crippen MR) is 71.5 cm³/mol. The number of benzene rings is 1. The molecule has 6 heteroatoms. The number of nitrogens with one attached hydrogen (secondary N) is 1. The molecule has 0 atom stereocenters. The van der Waals surface area contributed by atoms with Gasteiger partial charge >= 0.3 is 5.97 Å². The van der Waals surface area contributed by atoms with Crippen LogP contribution in [-0.2, 0) is 9.53 Å². The molecule has 2 rings (SSSR count). The molecular weight excluding hydrogens is 262 g/mol. The van der Waals surface area contributed by atoms with Crippen molar-refractivity contribution < 1.29 is 18.7 Å². The van der Waals surface area contributed by atoms with Gasteiger partial charge in [-0.05, 0) is 19.1 Å². The lowest BCUT2D eigenvalue weighted by atomic mass is 10.2. The van der Waals surface area contributed by atoms with E-state index >= 15 is 0 Å². The Morgan fingerprint density at radius 2 is 2.05 bits per heavy atom. The van der Waals surface area contributed by atoms with Crippen molar-refractivity contribution in [3.05, 3.63) is 46.3 Å². The Balaban J connectivity index is 2.18. The number of esters is 1. The highest BCUT2D eigenvalue weighted by Crippen LogP contribution is 2.11. The SMILES string of the molecule is CCOC(=O)CNC(=O)c1cc(=O)c2ccccc2o1. The fourth-order valence-corrected chi connectivity index (χ4v) is 1.67. The minimum absolute atomic E-state index is 0.141. The molecule has 0 saturated heterocycles. The average Bonchev–Trinajstić information content (AvgIpc) is 2.45. The third-order valence-electron chi connectivity index (χ3n) is 2.56. The summed E-state index contributed by atoms with van der Waals surface area (Å²) < 4.78 is 10.0. The van der Waals surface area contributed by atoms with Gasteiger partial charge in [-0.25, -0.2) is 0 Å². The fraction of sp³-hybridized carbons (Fsp3) is 0.214. The van der Waals surface area contributed by atoms with Crippen molar-refractivity contribution in [2.24, 2.45) is 0 Å². The van der Waals surface area contributed by atoms with E-state index in [2.05, 4.69) is 10.1 Å². The lowest BCUT2D eigenvalue weighted by Crippen LogP contribution is -2.31. The van der Waals surface area contributed by atoms with Crippen LogP contribution in [0.1, 0.15) is 17.5 Å². The van der Waals surface area contributed by atoms with Crippen molar-refractivity contribution in [1.82, 2.24) is 5.32 Å². The smallest absolute Gasteiger partial charge is 0.325 e. The van der Waals surface area contributed by atoms with E-state index in [1.54, 1.807) is 31.2 Å². The van der Waals surface area contributed by atoms with Gasteiger partial charge < -0.3 is 14.5 Å². The summed E-state index contributed by atoms with van der Waals surface area (Å²) >= 11 is 0. The minimum atomic E-state index is -0.638. The first-order chi connectivity index (χ1) is 9.61. The van der Waals surface area contributed by atoms with Gasteiger partial charge in [0, 0.05) is 6.07 Å². The van der Waals surface area contributed by atoms with Crippen LogP contribution in [-0.4, -0.2) is 25.0 Å². The van der Waals surface area contributed by atoms with Crippen LogP contribution in [0, 0.1) is 0 Å². The summed E-state index contributed by atoms with van der Waals surface area (Å²) in [6, 6.07) is 7.72. The molecule has 0 unspecified atom stereocenters. The molecule has 20 heavy (non-hydrogen) atoms. The number of fused-ring (bicyclic) bond motifs is 1. The second-order valence-corrected chi connectivity index (χ2v) is 3.96. The van der Waals surface area contributed by atoms with Crippen LogP contribution < -0.4 is 10.7 Å². The third kappa shape index (κ3) is 3.03. The number of amides is 1. The van der Waals surface area contributed by atoms with E-state index in [-0.39, 0.29) is 24.3 Å². The van der Waals surface area contributed by atoms with Crippen LogP contribution in [0.2, 0.25) is 0 Å². The molecular formula is C14H13NO5. The summed E-state index contributed by atoms with van der Waals surface area (Å²) in [4.78, 5) is 34.7. The third-order valence-corrected chi connectivity index (χ3v) is 2.56. The first-order valence-corrected chi connectivity index (χ1v) is 6.08. The highest BCUT2D eigenvalue weighted by atomic mass is 16.5. The van der Waals surface area contributed by atoms with Crippen LogP contribution in [0.15, 0.2) is 39.5 Å². The molecule has 0 aliphatic carbocycles. The highest BCUT2D eigenvalue weighted by molar-refractivity contribution is 5.94. The van der Waals surface area contributed by atoms with Gasteiger partial charge in [0.05, 0.1) is 12.0 Å². The molecule has 0 radical (unpaired) electrons. The zero-order valence-electron chi connectivity index (χ0n) is 10.8. The number of rotatable bonds is 4. The predicted octanol–water partition coefficient (Wildman–Crippen LogP) is 1.09. The van der Waals surface area contributed by atoms with E-state index in [1.165, 1.54) is 0 Å². The molecule has 1 amide bonds. The molecule has 1 aromatic carbocycles. The van der Waals surface area contributed by atoms with Crippen LogP contribution in [0.4, 0.5) is 0 Å². The van der Waals surface area contributed by atoms with Crippen LogP contribution in [0.25, 0.3) is 11.0 Å². The molecule has 2 aromatic rings. The van der Waals surface area contributed by atoms with Gasteiger partial charge in [0.25, 0.3) is 5.91 Å². The number of ether oxygens (including phenoxy) is 1. The molecule has 6 nitrogen and oxygen atoms in total. The number of carbonyl (C=O) groups is 2. The monoisotopic (exact) mass is 275 g/mol. The molecule has 0 fully saturated rings. The van der Waals surface area contributed by atoms with Crippen LogP contribution >= 0.6 is 0 Å². The van der Waals surface area contributed by atoms with Crippen molar-refractivity contribution in [1.29, 1.82) is 0 Å². The maximum absolute atomic E-state index is 11.8. The minimum Gasteiger partial charge on any atom is -0.465 e. The Kier molecular flexibility index (Phi) is 4.14. The van der Waals surface area contributed by atoms with Gasteiger partial charge in [0.1, 0.15) is 12.1 Å². The Morgan fingerprint density at radius 1 is 1.30 bits per heavy atom. The standard InChI is InChI=1S/C14H13NO5/c1-2-19-13(17)8-15-14(18)12-7-10(16)9-5-3-4-6-11(9)20-12/h3-7H,2,8H2,1H3,(H,15,18). The molecule has 104 valence electrons. The molecule has 0 spiro atoms. The first kappa shape index (κ1) is 13.8. The molecule has 1 N–H and O–H groups in total. The summed E-state index contributed by atoms with van der Waals surface area (Å²) in [5, 5.41) is 2.73. The van der Waals surface area contributed by atoms with Crippen molar-refractivity contribution in [3.63, 3.8) is 0 Å². The Labute approximate surface area is 114 Å². The van der Waals surface area contributed by atoms with Gasteiger partial charge in [-0.15, -0.1) is 0 Å². The van der Waals surface area contributed by atoms with Gasteiger partial charge in [-0.2, -0.15) is 0 Å². The van der Waals surface area contributed by atoms with E-state index < -0.39 is 11.9 Å². The summed E-state index contributed by atoms with van der Waals surface area (Å²) in [5.74, 6) is -1.33. The van der Waals surface area contributed by atoms with Gasteiger partial charge in [0.15, 0.2) is 11.2 Å². The number of hydrogen-bond acceptors (Lipinski definition) is 5. The second kappa shape index (κ2) is 6.01. The van der Waals surface area contributed by atoms with Crippen molar-refractivity contribution in [2.75, 3.05) is 13.2 Å². The highest BCUT2D eigenvalue weighted by Gasteiger charge is 2.13. The van der Waals surface area contributed by atoms with E-state index in [0.717, 1.165) is 6.07 Å². The summed E-state index contributed by atoms with van der Waals surface area (Å²) in [6.45, 7) is 1.63. The summed E-state index contributed by atoms with van der Waals surface area (Å²) in [6.07, 6.45) is 0. The van der Waals surface area contributed by atoms with E-state index in [4.69, 9.17) is 4.42 Å². The number of hydrogen-bond donors (Lipinski definition) is 1. The maximum Gasteiger partial charge on any atom is 0.325 e. The second-order valence-electron chi connectivity index (χ2n) is 3.96. The van der Waals surface area contributed by atoms with Crippen molar-refractivity contribution in [2.45, 2.75) is 6.92 Å². The van der Waals surface area contributed by atoms with E-state index in [1.807, 2.05) is 0 Å². The normalized spacial score (nSPS) is 10.2. The van der Waals surface area contributed by atoms with Gasteiger partial charge in [0.2, 0.25) is 0 Å². The largest absolute Gasteiger partial charge is 0.465 e. The van der Waals surface area contributed by atoms with Crippen molar-refractivity contribution >= 4 is 22.8 Å². The lowest BCUT2D eigenvalue weighted by molar-refractivity contribution is -0.141. The molecule has 0 saturated carbocycles. The zero-order valence-corrected chi connectivity index (χ0v) is 10.8. The Morgan fingerprint density at radius 3 is 2.80 bits per heavy atom.